The fourth-order valence-electron chi connectivity index (χ4n) is 2.22. The fourth-order valence-corrected chi connectivity index (χ4v) is 2.22. The van der Waals surface area contributed by atoms with E-state index in [-0.39, 0.29) is 0 Å². The molecule has 0 aliphatic heterocycles. The predicted molar refractivity (Wildman–Crippen MR) is 68.5 cm³/mol. The Balaban J connectivity index is 2.14. The molecule has 18 heavy (non-hydrogen) atoms. The van der Waals surface area contributed by atoms with E-state index in [4.69, 9.17) is 5.11 Å². The van der Waals surface area contributed by atoms with E-state index in [0.717, 1.165) is 37.1 Å². The smallest absolute Gasteiger partial charge is 0.328 e. The molecule has 4 heteroatoms. The van der Waals surface area contributed by atoms with Gasteiger partial charge >= 0.3 is 5.97 Å². The van der Waals surface area contributed by atoms with Crippen LogP contribution in [0.3, 0.4) is 0 Å². The van der Waals surface area contributed by atoms with Crippen LogP contribution in [-0.2, 0) is 22.4 Å². The van der Waals surface area contributed by atoms with Crippen LogP contribution in [0.15, 0.2) is 30.4 Å². The topological polar surface area (TPSA) is 66.4 Å². The van der Waals surface area contributed by atoms with Crippen molar-refractivity contribution in [1.29, 1.82) is 0 Å². The number of aliphatic carboxylic acids is 1. The molecule has 0 heterocycles. The Hall–Kier alpha value is -2.10. The Bertz CT molecular complexity index is 506. The summed E-state index contributed by atoms with van der Waals surface area (Å²) in [5, 5.41) is 11.2. The average molecular weight is 245 g/mol. The third-order valence-electron chi connectivity index (χ3n) is 3.03. The Morgan fingerprint density at radius 3 is 2.72 bits per heavy atom. The van der Waals surface area contributed by atoms with Crippen LogP contribution >= 0.6 is 0 Å². The van der Waals surface area contributed by atoms with Gasteiger partial charge in [0, 0.05) is 17.8 Å². The van der Waals surface area contributed by atoms with Gasteiger partial charge in [-0.25, -0.2) is 4.79 Å². The number of hydrogen-bond donors (Lipinski definition) is 2. The van der Waals surface area contributed by atoms with Gasteiger partial charge in [0.05, 0.1) is 0 Å². The van der Waals surface area contributed by atoms with Gasteiger partial charge in [-0.05, 0) is 42.9 Å². The van der Waals surface area contributed by atoms with E-state index in [1.165, 1.54) is 17.5 Å². The molecule has 0 aromatic heterocycles. The molecule has 0 unspecified atom stereocenters. The summed E-state index contributed by atoms with van der Waals surface area (Å²) in [7, 11) is 0. The normalized spacial score (nSPS) is 14.2. The molecular formula is C14H15NO3. The molecule has 0 saturated carbocycles. The molecule has 94 valence electrons. The molecule has 1 aromatic rings. The van der Waals surface area contributed by atoms with Crippen LogP contribution in [0.4, 0.5) is 5.69 Å². The van der Waals surface area contributed by atoms with Crippen LogP contribution in [-0.4, -0.2) is 17.0 Å². The lowest BCUT2D eigenvalue weighted by Crippen LogP contribution is -2.13. The first-order chi connectivity index (χ1) is 8.66. The van der Waals surface area contributed by atoms with Crippen molar-refractivity contribution >= 4 is 17.6 Å². The lowest BCUT2D eigenvalue weighted by atomic mass is 9.90. The maximum Gasteiger partial charge on any atom is 0.328 e. The van der Waals surface area contributed by atoms with Crippen LogP contribution in [0.25, 0.3) is 0 Å². The Labute approximate surface area is 105 Å². The summed E-state index contributed by atoms with van der Waals surface area (Å²) >= 11 is 0. The minimum Gasteiger partial charge on any atom is -0.478 e. The van der Waals surface area contributed by atoms with E-state index in [0.29, 0.717) is 0 Å². The van der Waals surface area contributed by atoms with Crippen molar-refractivity contribution < 1.29 is 14.7 Å². The van der Waals surface area contributed by atoms with Gasteiger partial charge in [0.15, 0.2) is 0 Å². The highest BCUT2D eigenvalue weighted by Crippen LogP contribution is 2.27. The Morgan fingerprint density at radius 2 is 1.94 bits per heavy atom. The van der Waals surface area contributed by atoms with E-state index in [1.807, 2.05) is 12.1 Å². The second-order valence-electron chi connectivity index (χ2n) is 4.31. The monoisotopic (exact) mass is 245 g/mol. The molecule has 4 nitrogen and oxygen atoms in total. The van der Waals surface area contributed by atoms with E-state index in [1.54, 1.807) is 0 Å². The molecule has 0 atom stereocenters. The van der Waals surface area contributed by atoms with Crippen LogP contribution in [0.1, 0.15) is 24.0 Å². The number of carbonyl (C=O) groups is 2. The van der Waals surface area contributed by atoms with E-state index in [2.05, 4.69) is 11.4 Å². The summed E-state index contributed by atoms with van der Waals surface area (Å²) in [6.45, 7) is 0. The van der Waals surface area contributed by atoms with Gasteiger partial charge in [0.2, 0.25) is 5.91 Å². The van der Waals surface area contributed by atoms with Crippen molar-refractivity contribution in [3.05, 3.63) is 41.5 Å². The van der Waals surface area contributed by atoms with Gasteiger partial charge in [-0.3, -0.25) is 4.79 Å². The maximum absolute atomic E-state index is 11.5. The molecule has 2 N–H and O–H groups in total. The first-order valence-electron chi connectivity index (χ1n) is 5.99. The first kappa shape index (κ1) is 12.4. The highest BCUT2D eigenvalue weighted by atomic mass is 16.4. The number of hydrogen-bond acceptors (Lipinski definition) is 2. The number of carboxylic acid groups (broad SMARTS) is 1. The summed E-state index contributed by atoms with van der Waals surface area (Å²) in [6, 6.07) is 5.86. The number of aryl methyl sites for hydroxylation is 1. The summed E-state index contributed by atoms with van der Waals surface area (Å²) in [6.07, 6.45) is 6.20. The quantitative estimate of drug-likeness (QED) is 0.802. The zero-order chi connectivity index (χ0) is 13.0. The number of carbonyl (C=O) groups excluding carboxylic acids is 1. The molecule has 0 saturated heterocycles. The van der Waals surface area contributed by atoms with Crippen molar-refractivity contribution in [2.45, 2.75) is 25.7 Å². The third kappa shape index (κ3) is 2.97. The number of nitrogens with one attached hydrogen (secondary N) is 1. The predicted octanol–water partition coefficient (Wildman–Crippen LogP) is 2.14. The molecule has 2 rings (SSSR count). The van der Waals surface area contributed by atoms with Crippen LogP contribution in [0.2, 0.25) is 0 Å². The van der Waals surface area contributed by atoms with Gasteiger partial charge in [0.25, 0.3) is 0 Å². The molecule has 1 aliphatic carbocycles. The molecule has 0 radical (unpaired) electrons. The van der Waals surface area contributed by atoms with Gasteiger partial charge in [0.1, 0.15) is 0 Å². The largest absolute Gasteiger partial charge is 0.478 e. The second-order valence-corrected chi connectivity index (χ2v) is 4.31. The zero-order valence-electron chi connectivity index (χ0n) is 9.98. The number of amides is 1. The molecular weight excluding hydrogens is 230 g/mol. The lowest BCUT2D eigenvalue weighted by Gasteiger charge is -2.19. The fraction of sp³-hybridized carbons (Fsp3) is 0.286. The van der Waals surface area contributed by atoms with Crippen molar-refractivity contribution in [2.75, 3.05) is 5.32 Å². The van der Waals surface area contributed by atoms with Crippen LogP contribution in [0, 0.1) is 0 Å². The Kier molecular flexibility index (Phi) is 3.77. The highest BCUT2D eigenvalue weighted by Gasteiger charge is 2.13. The van der Waals surface area contributed by atoms with E-state index >= 15 is 0 Å². The van der Waals surface area contributed by atoms with Gasteiger partial charge in [-0.1, -0.05) is 12.1 Å². The standard InChI is InChI=1S/C14H15NO3/c16-13(8-9-14(17)18)15-12-7-3-5-10-4-1-2-6-11(10)12/h3,5,7-9H,1-2,4,6H2,(H,15,16)(H,17,18)/b9-8-. The molecule has 1 amide bonds. The number of benzene rings is 1. The Morgan fingerprint density at radius 1 is 1.17 bits per heavy atom. The van der Waals surface area contributed by atoms with Gasteiger partial charge in [-0.2, -0.15) is 0 Å². The minimum absolute atomic E-state index is 0.406. The van der Waals surface area contributed by atoms with Crippen LogP contribution in [0.5, 0.6) is 0 Å². The number of anilines is 1. The van der Waals surface area contributed by atoms with Gasteiger partial charge in [-0.15, -0.1) is 0 Å². The minimum atomic E-state index is -1.12. The molecule has 0 spiro atoms. The average Bonchev–Trinajstić information content (AvgIpc) is 2.37. The van der Waals surface area contributed by atoms with Gasteiger partial charge < -0.3 is 10.4 Å². The molecule has 1 aliphatic rings. The SMILES string of the molecule is O=C(O)/C=C\C(=O)Nc1cccc2c1CCCC2. The highest BCUT2D eigenvalue weighted by molar-refractivity contribution is 6.02. The molecule has 0 bridgehead atoms. The molecule has 1 aromatic carbocycles. The first-order valence-corrected chi connectivity index (χ1v) is 5.99. The van der Waals surface area contributed by atoms with Crippen LogP contribution < -0.4 is 5.32 Å². The number of fused-ring (bicyclic) bond motifs is 1. The summed E-state index contributed by atoms with van der Waals surface area (Å²) < 4.78 is 0. The van der Waals surface area contributed by atoms with Crippen molar-refractivity contribution in [1.82, 2.24) is 0 Å². The summed E-state index contributed by atoms with van der Waals surface area (Å²) in [5.41, 5.74) is 3.26. The number of carboxylic acids is 1. The zero-order valence-corrected chi connectivity index (χ0v) is 9.98. The number of rotatable bonds is 3. The van der Waals surface area contributed by atoms with E-state index in [9.17, 15) is 9.59 Å². The summed E-state index contributed by atoms with van der Waals surface area (Å²) in [5.74, 6) is -1.53. The van der Waals surface area contributed by atoms with Crippen molar-refractivity contribution in [3.8, 4) is 0 Å². The summed E-state index contributed by atoms with van der Waals surface area (Å²) in [4.78, 5) is 21.9. The third-order valence-corrected chi connectivity index (χ3v) is 3.03. The van der Waals surface area contributed by atoms with Crippen molar-refractivity contribution in [3.63, 3.8) is 0 Å². The second kappa shape index (κ2) is 5.49. The molecule has 0 fully saturated rings. The van der Waals surface area contributed by atoms with E-state index < -0.39 is 11.9 Å². The lowest BCUT2D eigenvalue weighted by molar-refractivity contribution is -0.131. The maximum atomic E-state index is 11.5. The van der Waals surface area contributed by atoms with Crippen molar-refractivity contribution in [2.24, 2.45) is 0 Å².